The van der Waals surface area contributed by atoms with E-state index in [-0.39, 0.29) is 24.3 Å². The van der Waals surface area contributed by atoms with Gasteiger partial charge in [-0.3, -0.25) is 9.59 Å². The number of nitrogens with one attached hydrogen (secondary N) is 1. The van der Waals surface area contributed by atoms with Crippen molar-refractivity contribution in [3.63, 3.8) is 0 Å². The fraction of sp³-hybridized carbons (Fsp3) is 0.364. The summed E-state index contributed by atoms with van der Waals surface area (Å²) in [6.07, 6.45) is 0.832. The number of hydrogen-bond acceptors (Lipinski definition) is 2. The molecule has 0 aromatic heterocycles. The van der Waals surface area contributed by atoms with Crippen molar-refractivity contribution < 1.29 is 9.59 Å². The molecule has 28 heavy (non-hydrogen) atoms. The first-order chi connectivity index (χ1) is 13.3. The molecular weight excluding hydrogens is 395 g/mol. The highest BCUT2D eigenvalue weighted by atomic mass is 35.5. The van der Waals surface area contributed by atoms with E-state index in [0.717, 1.165) is 11.1 Å². The lowest BCUT2D eigenvalue weighted by molar-refractivity contribution is -0.139. The van der Waals surface area contributed by atoms with Crippen molar-refractivity contribution >= 4 is 35.0 Å². The van der Waals surface area contributed by atoms with E-state index in [1.807, 2.05) is 44.2 Å². The maximum Gasteiger partial charge on any atom is 0.242 e. The molecule has 0 radical (unpaired) electrons. The topological polar surface area (TPSA) is 49.4 Å². The zero-order valence-electron chi connectivity index (χ0n) is 16.4. The Morgan fingerprint density at radius 2 is 1.64 bits per heavy atom. The molecule has 4 nitrogen and oxygen atoms in total. The minimum atomic E-state index is -0.568. The summed E-state index contributed by atoms with van der Waals surface area (Å²) in [4.78, 5) is 27.2. The monoisotopic (exact) mass is 420 g/mol. The summed E-state index contributed by atoms with van der Waals surface area (Å²) in [6.45, 7) is 6.01. The maximum absolute atomic E-state index is 13.0. The zero-order chi connectivity index (χ0) is 20.7. The lowest BCUT2D eigenvalue weighted by Gasteiger charge is -2.29. The molecule has 2 amide bonds. The Labute approximate surface area is 176 Å². The van der Waals surface area contributed by atoms with E-state index in [0.29, 0.717) is 23.0 Å². The molecule has 0 saturated carbocycles. The summed E-state index contributed by atoms with van der Waals surface area (Å²) < 4.78 is 0. The Balaban J connectivity index is 2.16. The van der Waals surface area contributed by atoms with Crippen LogP contribution in [0.2, 0.25) is 10.0 Å². The van der Waals surface area contributed by atoms with Crippen LogP contribution in [-0.2, 0) is 22.4 Å². The van der Waals surface area contributed by atoms with Gasteiger partial charge in [0, 0.05) is 12.6 Å². The fourth-order valence-electron chi connectivity index (χ4n) is 2.90. The summed E-state index contributed by atoms with van der Waals surface area (Å²) in [5, 5.41) is 3.74. The van der Waals surface area contributed by atoms with E-state index in [4.69, 9.17) is 23.2 Å². The number of benzene rings is 2. The van der Waals surface area contributed by atoms with Crippen molar-refractivity contribution in [1.82, 2.24) is 10.2 Å². The Morgan fingerprint density at radius 1 is 0.964 bits per heavy atom. The van der Waals surface area contributed by atoms with Gasteiger partial charge in [-0.05, 0) is 50.5 Å². The number of halogens is 2. The largest absolute Gasteiger partial charge is 0.352 e. The average molecular weight is 421 g/mol. The second-order valence-electron chi connectivity index (χ2n) is 7.09. The highest BCUT2D eigenvalue weighted by Crippen LogP contribution is 2.23. The van der Waals surface area contributed by atoms with E-state index in [2.05, 4.69) is 5.32 Å². The number of carbonyl (C=O) groups excluding carboxylic acids is 2. The standard InChI is InChI=1S/C22H26Cl2N2O2/c1-15(2)25-22(28)16(3)26(12-11-17-7-5-4-6-8-17)21(27)14-18-9-10-19(23)20(24)13-18/h4-10,13,15-16H,11-12,14H2,1-3H3,(H,25,28)/t16-/m0/s1. The number of nitrogens with zero attached hydrogens (tertiary/aromatic N) is 1. The molecule has 1 N–H and O–H groups in total. The van der Waals surface area contributed by atoms with Crippen molar-refractivity contribution in [3.05, 3.63) is 69.7 Å². The van der Waals surface area contributed by atoms with Gasteiger partial charge in [0.05, 0.1) is 16.5 Å². The van der Waals surface area contributed by atoms with Crippen LogP contribution in [-0.4, -0.2) is 35.3 Å². The zero-order valence-corrected chi connectivity index (χ0v) is 17.9. The first kappa shape index (κ1) is 22.3. The molecule has 0 aliphatic heterocycles. The molecule has 2 aromatic rings. The van der Waals surface area contributed by atoms with E-state index >= 15 is 0 Å². The molecular formula is C22H26Cl2N2O2. The third-order valence-corrected chi connectivity index (χ3v) is 5.16. The molecule has 6 heteroatoms. The first-order valence-corrected chi connectivity index (χ1v) is 10.1. The van der Waals surface area contributed by atoms with Gasteiger partial charge in [-0.2, -0.15) is 0 Å². The van der Waals surface area contributed by atoms with Crippen LogP contribution >= 0.6 is 23.2 Å². The van der Waals surface area contributed by atoms with E-state index in [9.17, 15) is 9.59 Å². The van der Waals surface area contributed by atoms with E-state index in [1.165, 1.54) is 0 Å². The summed E-state index contributed by atoms with van der Waals surface area (Å²) in [5.74, 6) is -0.286. The third kappa shape index (κ3) is 6.54. The van der Waals surface area contributed by atoms with Gasteiger partial charge in [-0.15, -0.1) is 0 Å². The Morgan fingerprint density at radius 3 is 2.25 bits per heavy atom. The van der Waals surface area contributed by atoms with Crippen LogP contribution in [0.1, 0.15) is 31.9 Å². The molecule has 0 heterocycles. The molecule has 2 rings (SSSR count). The molecule has 0 saturated heterocycles. The molecule has 0 fully saturated rings. The number of amides is 2. The van der Waals surface area contributed by atoms with Gasteiger partial charge < -0.3 is 10.2 Å². The Kier molecular flexibility index (Phi) is 8.34. The van der Waals surface area contributed by atoms with E-state index in [1.54, 1.807) is 30.0 Å². The summed E-state index contributed by atoms with van der Waals surface area (Å²) in [6, 6.07) is 14.5. The molecule has 1 atom stereocenters. The van der Waals surface area contributed by atoms with Crippen molar-refractivity contribution in [2.75, 3.05) is 6.54 Å². The van der Waals surface area contributed by atoms with Gasteiger partial charge in [0.2, 0.25) is 11.8 Å². The number of carbonyl (C=O) groups is 2. The summed E-state index contributed by atoms with van der Waals surface area (Å²) in [5.41, 5.74) is 1.88. The summed E-state index contributed by atoms with van der Waals surface area (Å²) in [7, 11) is 0. The Hall–Kier alpha value is -2.04. The van der Waals surface area contributed by atoms with Crippen molar-refractivity contribution in [2.45, 2.75) is 45.7 Å². The fourth-order valence-corrected chi connectivity index (χ4v) is 3.22. The van der Waals surface area contributed by atoms with Crippen LogP contribution in [0.5, 0.6) is 0 Å². The van der Waals surface area contributed by atoms with Gasteiger partial charge in [0.15, 0.2) is 0 Å². The second kappa shape index (κ2) is 10.5. The summed E-state index contributed by atoms with van der Waals surface area (Å²) >= 11 is 12.0. The van der Waals surface area contributed by atoms with E-state index < -0.39 is 6.04 Å². The normalized spacial score (nSPS) is 11.9. The first-order valence-electron chi connectivity index (χ1n) is 9.35. The van der Waals surface area contributed by atoms with Gasteiger partial charge in [0.25, 0.3) is 0 Å². The molecule has 0 spiro atoms. The van der Waals surface area contributed by atoms with Crippen LogP contribution in [0.25, 0.3) is 0 Å². The van der Waals surface area contributed by atoms with Crippen molar-refractivity contribution in [1.29, 1.82) is 0 Å². The van der Waals surface area contributed by atoms with Crippen LogP contribution in [0.15, 0.2) is 48.5 Å². The highest BCUT2D eigenvalue weighted by Gasteiger charge is 2.26. The molecule has 0 bridgehead atoms. The van der Waals surface area contributed by atoms with Crippen LogP contribution in [0, 0.1) is 0 Å². The smallest absolute Gasteiger partial charge is 0.242 e. The third-order valence-electron chi connectivity index (χ3n) is 4.42. The van der Waals surface area contributed by atoms with Crippen LogP contribution < -0.4 is 5.32 Å². The lowest BCUT2D eigenvalue weighted by atomic mass is 10.1. The highest BCUT2D eigenvalue weighted by molar-refractivity contribution is 6.42. The van der Waals surface area contributed by atoms with Crippen LogP contribution in [0.4, 0.5) is 0 Å². The number of hydrogen-bond donors (Lipinski definition) is 1. The van der Waals surface area contributed by atoms with Gasteiger partial charge in [-0.25, -0.2) is 0 Å². The van der Waals surface area contributed by atoms with Crippen molar-refractivity contribution in [3.8, 4) is 0 Å². The minimum Gasteiger partial charge on any atom is -0.352 e. The van der Waals surface area contributed by atoms with Crippen LogP contribution in [0.3, 0.4) is 0 Å². The molecule has 2 aromatic carbocycles. The number of rotatable bonds is 8. The SMILES string of the molecule is CC(C)NC(=O)[C@H](C)N(CCc1ccccc1)C(=O)Cc1ccc(Cl)c(Cl)c1. The van der Waals surface area contributed by atoms with Gasteiger partial charge >= 0.3 is 0 Å². The van der Waals surface area contributed by atoms with Gasteiger partial charge in [0.1, 0.15) is 6.04 Å². The molecule has 0 aliphatic carbocycles. The molecule has 0 aliphatic rings. The quantitative estimate of drug-likeness (QED) is 0.682. The molecule has 150 valence electrons. The van der Waals surface area contributed by atoms with Crippen molar-refractivity contribution in [2.24, 2.45) is 0 Å². The average Bonchev–Trinajstić information content (AvgIpc) is 2.65. The predicted molar refractivity (Wildman–Crippen MR) is 115 cm³/mol. The maximum atomic E-state index is 13.0. The second-order valence-corrected chi connectivity index (χ2v) is 7.90. The van der Waals surface area contributed by atoms with Gasteiger partial charge in [-0.1, -0.05) is 59.6 Å². The lowest BCUT2D eigenvalue weighted by Crippen LogP contribution is -2.50. The predicted octanol–water partition coefficient (Wildman–Crippen LogP) is 4.52. The minimum absolute atomic E-state index is 0.0103. The molecule has 0 unspecified atom stereocenters. The Bertz CT molecular complexity index is 809.